The van der Waals surface area contributed by atoms with E-state index in [4.69, 9.17) is 9.84 Å². The summed E-state index contributed by atoms with van der Waals surface area (Å²) in [6.07, 6.45) is 3.89. The van der Waals surface area contributed by atoms with Crippen molar-refractivity contribution in [1.29, 1.82) is 0 Å². The predicted molar refractivity (Wildman–Crippen MR) is 83.7 cm³/mol. The van der Waals surface area contributed by atoms with Gasteiger partial charge in [0.25, 0.3) is 5.56 Å². The molecule has 7 heteroatoms. The van der Waals surface area contributed by atoms with Gasteiger partial charge in [0.2, 0.25) is 0 Å². The van der Waals surface area contributed by atoms with E-state index in [0.717, 1.165) is 23.1 Å². The maximum atomic E-state index is 12.5. The molecular formula is C16H21N3O4. The topological polar surface area (TPSA) is 85.8 Å². The van der Waals surface area contributed by atoms with Crippen molar-refractivity contribution in [3.63, 3.8) is 0 Å². The molecule has 7 nitrogen and oxygen atoms in total. The fourth-order valence-corrected chi connectivity index (χ4v) is 2.57. The number of carboxylic acids is 1. The van der Waals surface area contributed by atoms with E-state index in [-0.39, 0.29) is 18.1 Å². The maximum absolute atomic E-state index is 12.5. The van der Waals surface area contributed by atoms with E-state index in [1.54, 1.807) is 10.5 Å². The number of nitrogens with zero attached hydrogens (tertiary/aromatic N) is 3. The summed E-state index contributed by atoms with van der Waals surface area (Å²) in [5, 5.41) is 13.3. The number of ether oxygens (including phenoxy) is 1. The normalized spacial score (nSPS) is 16.2. The van der Waals surface area contributed by atoms with Crippen LogP contribution >= 0.6 is 0 Å². The summed E-state index contributed by atoms with van der Waals surface area (Å²) in [4.78, 5) is 23.5. The molecule has 0 bridgehead atoms. The smallest absolute Gasteiger partial charge is 0.325 e. The summed E-state index contributed by atoms with van der Waals surface area (Å²) in [6, 6.07) is 1.81. The minimum Gasteiger partial charge on any atom is -0.480 e. The molecule has 1 saturated carbocycles. The molecule has 1 unspecified atom stereocenters. The van der Waals surface area contributed by atoms with E-state index in [1.807, 2.05) is 27.0 Å². The Kier molecular flexibility index (Phi) is 3.97. The summed E-state index contributed by atoms with van der Waals surface area (Å²) in [6.45, 7) is 5.51. The number of carboxylic acid groups (broad SMARTS) is 1. The summed E-state index contributed by atoms with van der Waals surface area (Å²) in [7, 11) is 0. The lowest BCUT2D eigenvalue weighted by Gasteiger charge is -2.15. The van der Waals surface area contributed by atoms with Crippen LogP contribution in [-0.4, -0.2) is 31.4 Å². The molecule has 23 heavy (non-hydrogen) atoms. The van der Waals surface area contributed by atoms with E-state index in [1.165, 1.54) is 0 Å². The largest absolute Gasteiger partial charge is 0.480 e. The van der Waals surface area contributed by atoms with Crippen molar-refractivity contribution in [2.45, 2.75) is 58.3 Å². The van der Waals surface area contributed by atoms with Crippen LogP contribution in [0, 0.1) is 0 Å². The second-order valence-electron chi connectivity index (χ2n) is 6.38. The Morgan fingerprint density at radius 3 is 2.70 bits per heavy atom. The molecule has 0 amide bonds. The number of rotatable bonds is 6. The monoisotopic (exact) mass is 319 g/mol. The molecule has 1 fully saturated rings. The van der Waals surface area contributed by atoms with Crippen LogP contribution in [0.4, 0.5) is 0 Å². The fraction of sp³-hybridized carbons (Fsp3) is 0.562. The zero-order valence-electron chi connectivity index (χ0n) is 13.5. The molecule has 2 heterocycles. The predicted octanol–water partition coefficient (Wildman–Crippen LogP) is 1.94. The first-order valence-corrected chi connectivity index (χ1v) is 7.87. The second kappa shape index (κ2) is 5.81. The zero-order chi connectivity index (χ0) is 16.7. The van der Waals surface area contributed by atoms with Crippen molar-refractivity contribution in [3.05, 3.63) is 34.0 Å². The number of hydrogen-bond acceptors (Lipinski definition) is 4. The minimum absolute atomic E-state index is 0.238. The van der Waals surface area contributed by atoms with E-state index in [2.05, 4.69) is 5.10 Å². The molecule has 1 atom stereocenters. The molecule has 2 aromatic rings. The molecule has 1 aliphatic carbocycles. The number of aromatic nitrogens is 3. The Morgan fingerprint density at radius 2 is 2.13 bits per heavy atom. The molecule has 1 aliphatic rings. The van der Waals surface area contributed by atoms with Gasteiger partial charge in [-0.25, -0.2) is 4.68 Å². The number of fused-ring (bicyclic) bond motifs is 1. The van der Waals surface area contributed by atoms with Crippen molar-refractivity contribution in [1.82, 2.24) is 14.2 Å². The van der Waals surface area contributed by atoms with Crippen LogP contribution in [-0.2, 0) is 16.1 Å². The molecule has 124 valence electrons. The highest BCUT2D eigenvalue weighted by Gasteiger charge is 2.27. The summed E-state index contributed by atoms with van der Waals surface area (Å²) in [5.74, 6) is -0.282. The van der Waals surface area contributed by atoms with Gasteiger partial charge in [-0.1, -0.05) is 13.8 Å². The van der Waals surface area contributed by atoms with Gasteiger partial charge < -0.3 is 9.84 Å². The SMILES string of the molecule is CC(C)c1cc2c(=O)n(CC(=O)O)nc(C(C)OC3CC3)n2c1. The lowest BCUT2D eigenvalue weighted by Crippen LogP contribution is -2.30. The van der Waals surface area contributed by atoms with Crippen molar-refractivity contribution in [3.8, 4) is 0 Å². The summed E-state index contributed by atoms with van der Waals surface area (Å²) in [5.41, 5.74) is 1.05. The molecule has 2 aromatic heterocycles. The lowest BCUT2D eigenvalue weighted by atomic mass is 10.1. The van der Waals surface area contributed by atoms with Crippen LogP contribution in [0.15, 0.2) is 17.1 Å². The van der Waals surface area contributed by atoms with Gasteiger partial charge in [0.15, 0.2) is 5.82 Å². The highest BCUT2D eigenvalue weighted by molar-refractivity contribution is 5.66. The molecule has 0 saturated heterocycles. The first kappa shape index (κ1) is 15.7. The van der Waals surface area contributed by atoms with E-state index < -0.39 is 18.1 Å². The molecule has 1 N–H and O–H groups in total. The third-order valence-corrected chi connectivity index (χ3v) is 4.00. The molecule has 3 rings (SSSR count). The van der Waals surface area contributed by atoms with Crippen LogP contribution in [0.25, 0.3) is 5.52 Å². The third-order valence-electron chi connectivity index (χ3n) is 4.00. The van der Waals surface area contributed by atoms with Crippen molar-refractivity contribution in [2.75, 3.05) is 0 Å². The van der Waals surface area contributed by atoms with Crippen LogP contribution in [0.2, 0.25) is 0 Å². The quantitative estimate of drug-likeness (QED) is 0.879. The first-order valence-electron chi connectivity index (χ1n) is 7.87. The number of aliphatic carboxylic acids is 1. The summed E-state index contributed by atoms with van der Waals surface area (Å²) >= 11 is 0. The Balaban J connectivity index is 2.15. The van der Waals surface area contributed by atoms with Gasteiger partial charge in [0.05, 0.1) is 6.10 Å². The van der Waals surface area contributed by atoms with Crippen molar-refractivity contribution in [2.24, 2.45) is 0 Å². The lowest BCUT2D eigenvalue weighted by molar-refractivity contribution is -0.138. The van der Waals surface area contributed by atoms with Crippen molar-refractivity contribution >= 4 is 11.5 Å². The van der Waals surface area contributed by atoms with E-state index >= 15 is 0 Å². The van der Waals surface area contributed by atoms with Gasteiger partial charge in [0.1, 0.15) is 18.2 Å². The van der Waals surface area contributed by atoms with E-state index in [9.17, 15) is 9.59 Å². The van der Waals surface area contributed by atoms with Crippen LogP contribution in [0.5, 0.6) is 0 Å². The number of carbonyl (C=O) groups is 1. The van der Waals surface area contributed by atoms with Gasteiger partial charge in [0, 0.05) is 6.20 Å². The highest BCUT2D eigenvalue weighted by Crippen LogP contribution is 2.30. The van der Waals surface area contributed by atoms with Crippen LogP contribution < -0.4 is 5.56 Å². The van der Waals surface area contributed by atoms with Gasteiger partial charge in [-0.2, -0.15) is 5.10 Å². The van der Waals surface area contributed by atoms with Crippen LogP contribution in [0.1, 0.15) is 57.0 Å². The number of hydrogen-bond donors (Lipinski definition) is 1. The Labute approximate surface area is 133 Å². The van der Waals surface area contributed by atoms with E-state index in [0.29, 0.717) is 11.3 Å². The van der Waals surface area contributed by atoms with Gasteiger partial charge >= 0.3 is 5.97 Å². The maximum Gasteiger partial charge on any atom is 0.325 e. The highest BCUT2D eigenvalue weighted by atomic mass is 16.5. The molecule has 0 aliphatic heterocycles. The fourth-order valence-electron chi connectivity index (χ4n) is 2.57. The zero-order valence-corrected chi connectivity index (χ0v) is 13.5. The third kappa shape index (κ3) is 3.14. The van der Waals surface area contributed by atoms with Gasteiger partial charge in [-0.15, -0.1) is 0 Å². The Bertz CT molecular complexity index is 801. The Hall–Kier alpha value is -2.15. The molecule has 0 aromatic carbocycles. The first-order chi connectivity index (χ1) is 10.9. The average Bonchev–Trinajstić information content (AvgIpc) is 3.15. The van der Waals surface area contributed by atoms with Crippen LogP contribution in [0.3, 0.4) is 0 Å². The second-order valence-corrected chi connectivity index (χ2v) is 6.38. The summed E-state index contributed by atoms with van der Waals surface area (Å²) < 4.78 is 8.62. The van der Waals surface area contributed by atoms with Crippen molar-refractivity contribution < 1.29 is 14.6 Å². The molecule has 0 radical (unpaired) electrons. The average molecular weight is 319 g/mol. The minimum atomic E-state index is -1.10. The Morgan fingerprint density at radius 1 is 1.43 bits per heavy atom. The standard InChI is InChI=1S/C16H21N3O4/c1-9(2)11-6-13-16(22)19(8-14(20)21)17-15(18(13)7-11)10(3)23-12-4-5-12/h6-7,9-10,12H,4-5,8H2,1-3H3,(H,20,21). The van der Waals surface area contributed by atoms with Gasteiger partial charge in [-0.3, -0.25) is 14.0 Å². The van der Waals surface area contributed by atoms with Gasteiger partial charge in [-0.05, 0) is 37.3 Å². The molecule has 0 spiro atoms. The molecular weight excluding hydrogens is 298 g/mol.